The fourth-order valence-electron chi connectivity index (χ4n) is 8.30. The fraction of sp³-hybridized carbons (Fsp3) is 0.712. The minimum absolute atomic E-state index is 0.0808. The Hall–Kier alpha value is -3.67. The molecular weight excluding hydrogens is 889 g/mol. The lowest BCUT2D eigenvalue weighted by Crippen LogP contribution is -2.30. The highest BCUT2D eigenvalue weighted by Gasteiger charge is 2.19. The molecule has 72 heavy (non-hydrogen) atoms. The van der Waals surface area contributed by atoms with Crippen LogP contribution in [0.3, 0.4) is 0 Å². The third-order valence-corrected chi connectivity index (χ3v) is 12.8. The van der Waals surface area contributed by atoms with Gasteiger partial charge in [0.2, 0.25) is 0 Å². The Morgan fingerprint density at radius 2 is 0.542 bits per heavy atom. The largest absolute Gasteiger partial charge is 0.462 e. The summed E-state index contributed by atoms with van der Waals surface area (Å²) in [6, 6.07) is 0. The van der Waals surface area contributed by atoms with E-state index in [4.69, 9.17) is 14.2 Å². The van der Waals surface area contributed by atoms with Crippen LogP contribution in [-0.4, -0.2) is 37.2 Å². The van der Waals surface area contributed by atoms with E-state index in [2.05, 4.69) is 118 Å². The van der Waals surface area contributed by atoms with Crippen LogP contribution < -0.4 is 0 Å². The van der Waals surface area contributed by atoms with Crippen molar-refractivity contribution < 1.29 is 28.6 Å². The van der Waals surface area contributed by atoms with Crippen molar-refractivity contribution in [3.05, 3.63) is 97.2 Å². The first-order valence-electron chi connectivity index (χ1n) is 30.2. The lowest BCUT2D eigenvalue weighted by molar-refractivity contribution is -0.167. The number of hydrogen-bond donors (Lipinski definition) is 0. The average molecular weight is 1000 g/mol. The molecule has 0 aliphatic rings. The van der Waals surface area contributed by atoms with E-state index >= 15 is 0 Å². The molecule has 0 N–H and O–H groups in total. The van der Waals surface area contributed by atoms with Gasteiger partial charge in [0.1, 0.15) is 13.2 Å². The van der Waals surface area contributed by atoms with Gasteiger partial charge in [0.15, 0.2) is 6.10 Å². The lowest BCUT2D eigenvalue weighted by Gasteiger charge is -2.18. The van der Waals surface area contributed by atoms with Crippen molar-refractivity contribution in [2.75, 3.05) is 13.2 Å². The summed E-state index contributed by atoms with van der Waals surface area (Å²) in [5.74, 6) is -0.898. The lowest BCUT2D eigenvalue weighted by atomic mass is 10.1. The molecule has 0 aliphatic heterocycles. The molecule has 0 saturated carbocycles. The van der Waals surface area contributed by atoms with Gasteiger partial charge in [-0.15, -0.1) is 0 Å². The fourth-order valence-corrected chi connectivity index (χ4v) is 8.30. The van der Waals surface area contributed by atoms with Gasteiger partial charge in [-0.1, -0.05) is 259 Å². The SMILES string of the molecule is CC/C=C\C/C=C\C/C=C\C/C=C\C/C=C\C/C=C\C/C=C\CCCCCCCCCCCC(=O)OCC(COC(=O)CCCCCCCCC)OC(=O)CCCCCCC/C=C\CCCCCCCCC. The Morgan fingerprint density at radius 1 is 0.292 bits per heavy atom. The third kappa shape index (κ3) is 57.2. The molecule has 0 saturated heterocycles. The second kappa shape index (κ2) is 59.9. The summed E-state index contributed by atoms with van der Waals surface area (Å²) in [6.07, 6.45) is 80.0. The van der Waals surface area contributed by atoms with Gasteiger partial charge in [-0.25, -0.2) is 0 Å². The van der Waals surface area contributed by atoms with E-state index in [0.717, 1.165) is 122 Å². The highest BCUT2D eigenvalue weighted by Crippen LogP contribution is 2.15. The second-order valence-corrected chi connectivity index (χ2v) is 19.9. The highest BCUT2D eigenvalue weighted by molar-refractivity contribution is 5.71. The van der Waals surface area contributed by atoms with Crippen molar-refractivity contribution in [2.45, 2.75) is 290 Å². The number of unbranched alkanes of at least 4 members (excludes halogenated alkanes) is 27. The molecule has 1 unspecified atom stereocenters. The van der Waals surface area contributed by atoms with E-state index in [1.165, 1.54) is 122 Å². The van der Waals surface area contributed by atoms with Crippen LogP contribution in [0.15, 0.2) is 97.2 Å². The summed E-state index contributed by atoms with van der Waals surface area (Å²) in [5, 5.41) is 0. The molecule has 0 fully saturated rings. The summed E-state index contributed by atoms with van der Waals surface area (Å²) in [7, 11) is 0. The van der Waals surface area contributed by atoms with Crippen molar-refractivity contribution in [3.8, 4) is 0 Å². The maximum atomic E-state index is 12.8. The normalized spacial score (nSPS) is 12.8. The quantitative estimate of drug-likeness (QED) is 0.0261. The molecule has 0 heterocycles. The van der Waals surface area contributed by atoms with Gasteiger partial charge in [0.25, 0.3) is 0 Å². The zero-order valence-electron chi connectivity index (χ0n) is 47.2. The summed E-state index contributed by atoms with van der Waals surface area (Å²) >= 11 is 0. The maximum Gasteiger partial charge on any atom is 0.306 e. The Kier molecular flexibility index (Phi) is 56.8. The number of rotatable bonds is 54. The molecule has 0 amide bonds. The van der Waals surface area contributed by atoms with Gasteiger partial charge in [-0.3, -0.25) is 14.4 Å². The average Bonchev–Trinajstić information content (AvgIpc) is 3.38. The number of esters is 3. The van der Waals surface area contributed by atoms with E-state index < -0.39 is 6.10 Å². The smallest absolute Gasteiger partial charge is 0.306 e. The number of allylic oxidation sites excluding steroid dienone is 16. The highest BCUT2D eigenvalue weighted by atomic mass is 16.6. The first kappa shape index (κ1) is 68.3. The number of carbonyl (C=O) groups is 3. The van der Waals surface area contributed by atoms with Gasteiger partial charge in [0.05, 0.1) is 0 Å². The summed E-state index contributed by atoms with van der Waals surface area (Å²) in [6.45, 7) is 6.48. The molecule has 1 atom stereocenters. The first-order valence-corrected chi connectivity index (χ1v) is 30.2. The van der Waals surface area contributed by atoms with Crippen LogP contribution in [0.2, 0.25) is 0 Å². The minimum Gasteiger partial charge on any atom is -0.462 e. The van der Waals surface area contributed by atoms with Gasteiger partial charge in [-0.05, 0) is 103 Å². The number of carbonyl (C=O) groups excluding carboxylic acids is 3. The van der Waals surface area contributed by atoms with Crippen molar-refractivity contribution in [1.29, 1.82) is 0 Å². The zero-order chi connectivity index (χ0) is 52.2. The molecule has 6 heteroatoms. The topological polar surface area (TPSA) is 78.9 Å². The molecule has 0 spiro atoms. The molecule has 0 aromatic heterocycles. The maximum absolute atomic E-state index is 12.8. The van der Waals surface area contributed by atoms with Crippen LogP contribution in [0.4, 0.5) is 0 Å². The van der Waals surface area contributed by atoms with Crippen molar-refractivity contribution in [1.82, 2.24) is 0 Å². The Bertz CT molecular complexity index is 1430. The first-order chi connectivity index (χ1) is 35.5. The van der Waals surface area contributed by atoms with Crippen LogP contribution in [0, 0.1) is 0 Å². The zero-order valence-corrected chi connectivity index (χ0v) is 47.2. The van der Waals surface area contributed by atoms with Crippen molar-refractivity contribution >= 4 is 17.9 Å². The van der Waals surface area contributed by atoms with E-state index in [9.17, 15) is 14.4 Å². The molecule has 0 aromatic rings. The molecular formula is C66H112O6. The molecule has 0 radical (unpaired) electrons. The number of ether oxygens (including phenoxy) is 3. The van der Waals surface area contributed by atoms with Crippen molar-refractivity contribution in [2.24, 2.45) is 0 Å². The second-order valence-electron chi connectivity index (χ2n) is 19.9. The van der Waals surface area contributed by atoms with E-state index in [1.54, 1.807) is 0 Å². The summed E-state index contributed by atoms with van der Waals surface area (Å²) in [4.78, 5) is 38.0. The van der Waals surface area contributed by atoms with Crippen LogP contribution >= 0.6 is 0 Å². The molecule has 0 aliphatic carbocycles. The Labute approximate surface area is 445 Å². The Morgan fingerprint density at radius 3 is 0.861 bits per heavy atom. The van der Waals surface area contributed by atoms with Crippen LogP contribution in [0.25, 0.3) is 0 Å². The molecule has 6 nitrogen and oxygen atoms in total. The predicted octanol–water partition coefficient (Wildman–Crippen LogP) is 20.5. The molecule has 412 valence electrons. The van der Waals surface area contributed by atoms with Crippen LogP contribution in [0.5, 0.6) is 0 Å². The summed E-state index contributed by atoms with van der Waals surface area (Å²) < 4.78 is 16.8. The summed E-state index contributed by atoms with van der Waals surface area (Å²) in [5.41, 5.74) is 0. The van der Waals surface area contributed by atoms with E-state index in [1.807, 2.05) is 0 Å². The van der Waals surface area contributed by atoms with E-state index in [0.29, 0.717) is 19.3 Å². The molecule has 0 bridgehead atoms. The monoisotopic (exact) mass is 1000 g/mol. The van der Waals surface area contributed by atoms with Gasteiger partial charge in [0, 0.05) is 19.3 Å². The third-order valence-electron chi connectivity index (χ3n) is 12.8. The predicted molar refractivity (Wildman–Crippen MR) is 311 cm³/mol. The van der Waals surface area contributed by atoms with Gasteiger partial charge < -0.3 is 14.2 Å². The minimum atomic E-state index is -0.781. The van der Waals surface area contributed by atoms with E-state index in [-0.39, 0.29) is 31.1 Å². The molecule has 0 rings (SSSR count). The number of hydrogen-bond acceptors (Lipinski definition) is 6. The van der Waals surface area contributed by atoms with Gasteiger partial charge in [-0.2, -0.15) is 0 Å². The standard InChI is InChI=1S/C66H112O6/c1-4-7-10-13-16-18-20-22-24-26-27-28-29-30-31-32-33-34-35-36-37-38-39-40-42-43-45-47-50-53-56-59-65(68)71-62-63(61-70-64(67)58-55-52-49-15-12-9-6-3)72-66(69)60-57-54-51-48-46-44-41-25-23-21-19-17-14-11-8-5-2/h7,10,16,18,22,24-25,27-28,30-31,33-34,36-37,41,63H,4-6,8-9,11-15,17,19-21,23,26,29,32,35,38-40,42-62H2,1-3H3/b10-7-,18-16-,24-22-,28-27-,31-30-,34-33-,37-36-,41-25-. The van der Waals surface area contributed by atoms with Crippen LogP contribution in [0.1, 0.15) is 284 Å². The van der Waals surface area contributed by atoms with Crippen LogP contribution in [-0.2, 0) is 28.6 Å². The molecule has 0 aromatic carbocycles. The van der Waals surface area contributed by atoms with Gasteiger partial charge >= 0.3 is 17.9 Å². The Balaban J connectivity index is 4.14. The van der Waals surface area contributed by atoms with Crippen molar-refractivity contribution in [3.63, 3.8) is 0 Å².